The first-order valence-corrected chi connectivity index (χ1v) is 10.4. The Balaban J connectivity index is 1.65. The lowest BCUT2D eigenvalue weighted by atomic mass is 10.1. The van der Waals surface area contributed by atoms with Crippen LogP contribution in [0.3, 0.4) is 0 Å². The fourth-order valence-corrected chi connectivity index (χ4v) is 3.01. The van der Waals surface area contributed by atoms with Gasteiger partial charge in [0.1, 0.15) is 24.1 Å². The molecule has 1 atom stereocenters. The van der Waals surface area contributed by atoms with Gasteiger partial charge in [-0.25, -0.2) is 4.68 Å². The molecule has 2 aromatic carbocycles. The minimum Gasteiger partial charge on any atom is -0.497 e. The van der Waals surface area contributed by atoms with Crippen molar-refractivity contribution in [1.29, 1.82) is 0 Å². The molecule has 3 rings (SSSR count). The molecule has 1 aromatic heterocycles. The molecule has 0 saturated heterocycles. The molecule has 0 radical (unpaired) electrons. The molecule has 9 nitrogen and oxygen atoms in total. The number of benzene rings is 2. The Bertz CT molecular complexity index is 1160. The summed E-state index contributed by atoms with van der Waals surface area (Å²) in [6.45, 7) is 3.79. The van der Waals surface area contributed by atoms with Crippen LogP contribution in [0.2, 0.25) is 0 Å². The van der Waals surface area contributed by atoms with Crippen molar-refractivity contribution < 1.29 is 19.1 Å². The second-order valence-electron chi connectivity index (χ2n) is 7.25. The van der Waals surface area contributed by atoms with Crippen molar-refractivity contribution in [3.63, 3.8) is 0 Å². The standard InChI is InChI=1S/C24H26N4O5/c1-16(24(31)26-19-6-10-21(11-7-19)33-15-14-25-17(2)29)28-23(30)13-12-22(27-28)18-4-8-20(32-3)9-5-18/h4-13,16H,14-15H2,1-3H3,(H,25,29)(H,26,31). The van der Waals surface area contributed by atoms with Gasteiger partial charge >= 0.3 is 0 Å². The number of hydrogen-bond donors (Lipinski definition) is 2. The zero-order valence-electron chi connectivity index (χ0n) is 18.7. The van der Waals surface area contributed by atoms with Crippen LogP contribution < -0.4 is 25.7 Å². The van der Waals surface area contributed by atoms with Gasteiger partial charge < -0.3 is 20.1 Å². The van der Waals surface area contributed by atoms with Gasteiger partial charge in [-0.15, -0.1) is 0 Å². The molecule has 0 aliphatic heterocycles. The van der Waals surface area contributed by atoms with Crippen molar-refractivity contribution in [3.8, 4) is 22.8 Å². The molecule has 0 bridgehead atoms. The van der Waals surface area contributed by atoms with Crippen LogP contribution in [0.4, 0.5) is 5.69 Å². The normalized spacial score (nSPS) is 11.4. The van der Waals surface area contributed by atoms with Crippen molar-refractivity contribution >= 4 is 17.5 Å². The maximum absolute atomic E-state index is 12.8. The van der Waals surface area contributed by atoms with Crippen LogP contribution in [0.25, 0.3) is 11.3 Å². The third-order valence-electron chi connectivity index (χ3n) is 4.82. The quantitative estimate of drug-likeness (QED) is 0.485. The fraction of sp³-hybridized carbons (Fsp3) is 0.250. The summed E-state index contributed by atoms with van der Waals surface area (Å²) in [5.41, 5.74) is 1.54. The molecule has 0 saturated carbocycles. The van der Waals surface area contributed by atoms with Gasteiger partial charge in [-0.3, -0.25) is 14.4 Å². The number of carbonyl (C=O) groups excluding carboxylic acids is 2. The Labute approximate surface area is 191 Å². The van der Waals surface area contributed by atoms with E-state index in [1.165, 1.54) is 13.0 Å². The average molecular weight is 450 g/mol. The highest BCUT2D eigenvalue weighted by atomic mass is 16.5. The number of aromatic nitrogens is 2. The first-order valence-electron chi connectivity index (χ1n) is 10.4. The maximum atomic E-state index is 12.8. The Hall–Kier alpha value is -4.14. The number of anilines is 1. The molecular formula is C24H26N4O5. The summed E-state index contributed by atoms with van der Waals surface area (Å²) in [7, 11) is 1.59. The van der Waals surface area contributed by atoms with Crippen LogP contribution in [-0.2, 0) is 9.59 Å². The van der Waals surface area contributed by atoms with Crippen LogP contribution in [-0.4, -0.2) is 41.9 Å². The lowest BCUT2D eigenvalue weighted by Gasteiger charge is -2.15. The van der Waals surface area contributed by atoms with Gasteiger partial charge in [0, 0.05) is 24.2 Å². The zero-order valence-corrected chi connectivity index (χ0v) is 18.7. The van der Waals surface area contributed by atoms with E-state index >= 15 is 0 Å². The van der Waals surface area contributed by atoms with Gasteiger partial charge in [-0.05, 0) is 61.5 Å². The highest BCUT2D eigenvalue weighted by Crippen LogP contribution is 2.21. The average Bonchev–Trinajstić information content (AvgIpc) is 2.82. The summed E-state index contributed by atoms with van der Waals surface area (Å²) in [6.07, 6.45) is 0. The predicted octanol–water partition coefficient (Wildman–Crippen LogP) is 2.63. The minimum atomic E-state index is -0.829. The van der Waals surface area contributed by atoms with Crippen LogP contribution >= 0.6 is 0 Å². The van der Waals surface area contributed by atoms with Crippen molar-refractivity contribution in [2.45, 2.75) is 19.9 Å². The van der Waals surface area contributed by atoms with Gasteiger partial charge in [-0.1, -0.05) is 0 Å². The first kappa shape index (κ1) is 23.5. The van der Waals surface area contributed by atoms with Gasteiger partial charge in [0.15, 0.2) is 0 Å². The molecule has 0 aliphatic carbocycles. The highest BCUT2D eigenvalue weighted by molar-refractivity contribution is 5.93. The summed E-state index contributed by atoms with van der Waals surface area (Å²) in [5.74, 6) is 0.824. The molecule has 3 aromatic rings. The number of hydrogen-bond acceptors (Lipinski definition) is 6. The van der Waals surface area contributed by atoms with E-state index in [1.54, 1.807) is 56.5 Å². The van der Waals surface area contributed by atoms with Crippen LogP contribution in [0, 0.1) is 0 Å². The van der Waals surface area contributed by atoms with Crippen LogP contribution in [0.1, 0.15) is 19.9 Å². The number of rotatable bonds is 9. The molecule has 1 unspecified atom stereocenters. The SMILES string of the molecule is COc1ccc(-c2ccc(=O)n(C(C)C(=O)Nc3ccc(OCCNC(C)=O)cc3)n2)cc1. The first-order chi connectivity index (χ1) is 15.9. The van der Waals surface area contributed by atoms with Gasteiger partial charge in [-0.2, -0.15) is 5.10 Å². The van der Waals surface area contributed by atoms with Crippen LogP contribution in [0.5, 0.6) is 11.5 Å². The number of amides is 2. The van der Waals surface area contributed by atoms with E-state index in [0.717, 1.165) is 10.2 Å². The monoisotopic (exact) mass is 450 g/mol. The van der Waals surface area contributed by atoms with Crippen molar-refractivity contribution in [3.05, 3.63) is 71.0 Å². The Morgan fingerprint density at radius 1 is 1.00 bits per heavy atom. The van der Waals surface area contributed by atoms with Crippen molar-refractivity contribution in [2.75, 3.05) is 25.6 Å². The van der Waals surface area contributed by atoms with Crippen molar-refractivity contribution in [2.24, 2.45) is 0 Å². The maximum Gasteiger partial charge on any atom is 0.267 e. The minimum absolute atomic E-state index is 0.117. The topological polar surface area (TPSA) is 112 Å². The van der Waals surface area contributed by atoms with E-state index in [2.05, 4.69) is 15.7 Å². The summed E-state index contributed by atoms with van der Waals surface area (Å²) in [4.78, 5) is 36.0. The summed E-state index contributed by atoms with van der Waals surface area (Å²) >= 11 is 0. The zero-order chi connectivity index (χ0) is 23.8. The third-order valence-corrected chi connectivity index (χ3v) is 4.82. The molecule has 33 heavy (non-hydrogen) atoms. The summed E-state index contributed by atoms with van der Waals surface area (Å²) in [6, 6.07) is 16.3. The smallest absolute Gasteiger partial charge is 0.267 e. The van der Waals surface area contributed by atoms with E-state index in [1.807, 2.05) is 12.1 Å². The lowest BCUT2D eigenvalue weighted by Crippen LogP contribution is -2.33. The summed E-state index contributed by atoms with van der Waals surface area (Å²) in [5, 5.41) is 9.81. The largest absolute Gasteiger partial charge is 0.497 e. The number of methoxy groups -OCH3 is 1. The van der Waals surface area contributed by atoms with E-state index in [9.17, 15) is 14.4 Å². The number of nitrogens with one attached hydrogen (secondary N) is 2. The second-order valence-corrected chi connectivity index (χ2v) is 7.25. The number of nitrogens with zero attached hydrogens (tertiary/aromatic N) is 2. The second kappa shape index (κ2) is 10.9. The van der Waals surface area contributed by atoms with E-state index in [4.69, 9.17) is 9.47 Å². The van der Waals surface area contributed by atoms with Gasteiger partial charge in [0.25, 0.3) is 5.56 Å². The molecule has 1 heterocycles. The number of ether oxygens (including phenoxy) is 2. The van der Waals surface area contributed by atoms with Crippen LogP contribution in [0.15, 0.2) is 65.5 Å². The molecule has 2 N–H and O–H groups in total. The Kier molecular flexibility index (Phi) is 7.80. The van der Waals surface area contributed by atoms with E-state index in [-0.39, 0.29) is 17.4 Å². The molecule has 2 amide bonds. The van der Waals surface area contributed by atoms with Gasteiger partial charge in [0.2, 0.25) is 11.8 Å². The summed E-state index contributed by atoms with van der Waals surface area (Å²) < 4.78 is 11.9. The van der Waals surface area contributed by atoms with Gasteiger partial charge in [0.05, 0.1) is 19.3 Å². The predicted molar refractivity (Wildman–Crippen MR) is 124 cm³/mol. The fourth-order valence-electron chi connectivity index (χ4n) is 3.01. The highest BCUT2D eigenvalue weighted by Gasteiger charge is 2.18. The molecular weight excluding hydrogens is 424 g/mol. The Morgan fingerprint density at radius 3 is 2.30 bits per heavy atom. The van der Waals surface area contributed by atoms with Crippen molar-refractivity contribution in [1.82, 2.24) is 15.1 Å². The lowest BCUT2D eigenvalue weighted by molar-refractivity contribution is -0.119. The Morgan fingerprint density at radius 2 is 1.67 bits per heavy atom. The molecule has 0 fully saturated rings. The van der Waals surface area contributed by atoms with E-state index < -0.39 is 6.04 Å². The third kappa shape index (κ3) is 6.42. The van der Waals surface area contributed by atoms with E-state index in [0.29, 0.717) is 36.0 Å². The molecule has 0 spiro atoms. The number of carbonyl (C=O) groups is 2. The molecule has 9 heteroatoms. The molecule has 172 valence electrons. The molecule has 0 aliphatic rings.